The minimum atomic E-state index is -0.982. The minimum Gasteiger partial charge on any atom is -0.296 e. The summed E-state index contributed by atoms with van der Waals surface area (Å²) in [5, 5.41) is 10.2. The van der Waals surface area contributed by atoms with E-state index in [1.807, 2.05) is 0 Å². The highest BCUT2D eigenvalue weighted by atomic mass is 17.1. The first-order valence-corrected chi connectivity index (χ1v) is 3.99. The Hall–Kier alpha value is -2.21. The first kappa shape index (κ1) is 9.35. The van der Waals surface area contributed by atoms with Crippen molar-refractivity contribution in [1.82, 2.24) is 5.32 Å². The van der Waals surface area contributed by atoms with Gasteiger partial charge in [0.1, 0.15) is 0 Å². The summed E-state index contributed by atoms with van der Waals surface area (Å²) in [4.78, 5) is 36.7. The van der Waals surface area contributed by atoms with E-state index < -0.39 is 17.8 Å². The van der Waals surface area contributed by atoms with Crippen LogP contribution in [-0.4, -0.2) is 23.0 Å². The average Bonchev–Trinajstić information content (AvgIpc) is 2.53. The Kier molecular flexibility index (Phi) is 1.98. The largest absolute Gasteiger partial charge is 0.372 e. The zero-order valence-electron chi connectivity index (χ0n) is 7.31. The smallest absolute Gasteiger partial charge is 0.296 e. The molecule has 0 fully saturated rings. The molecule has 1 aromatic rings. The number of hydrogen-bond acceptors (Lipinski definition) is 5. The lowest BCUT2D eigenvalue weighted by Gasteiger charge is -1.98. The van der Waals surface area contributed by atoms with E-state index in [-0.39, 0.29) is 16.7 Å². The van der Waals surface area contributed by atoms with Crippen LogP contribution in [0.1, 0.15) is 31.1 Å². The van der Waals surface area contributed by atoms with E-state index in [1.165, 1.54) is 18.2 Å². The number of fused-ring (bicyclic) bond motifs is 1. The SMILES string of the molecule is O=C(OO)c1ccc2c(c1)C(=O)NC2=O. The molecule has 0 aromatic heterocycles. The molecular weight excluding hydrogens is 202 g/mol. The number of benzene rings is 1. The van der Waals surface area contributed by atoms with Crippen molar-refractivity contribution in [3.8, 4) is 0 Å². The molecule has 0 saturated carbocycles. The predicted molar refractivity (Wildman–Crippen MR) is 46.3 cm³/mol. The number of rotatable bonds is 1. The summed E-state index contributed by atoms with van der Waals surface area (Å²) in [6, 6.07) is 3.80. The standard InChI is InChI=1S/C9H5NO5/c11-7-5-2-1-4(9(13)15-14)3-6(5)8(12)10-7/h1-3,14H,(H,10,11,12). The molecular formula is C9H5NO5. The predicted octanol–water partition coefficient (Wildman–Crippen LogP) is 0.200. The third-order valence-electron chi connectivity index (χ3n) is 2.05. The highest BCUT2D eigenvalue weighted by molar-refractivity contribution is 6.22. The molecule has 1 heterocycles. The zero-order chi connectivity index (χ0) is 11.0. The summed E-state index contributed by atoms with van der Waals surface area (Å²) < 4.78 is 0. The Labute approximate surface area is 83.4 Å². The number of carbonyl (C=O) groups is 3. The van der Waals surface area contributed by atoms with Gasteiger partial charge in [-0.25, -0.2) is 4.79 Å². The van der Waals surface area contributed by atoms with E-state index in [0.717, 1.165) is 0 Å². The van der Waals surface area contributed by atoms with Crippen LogP contribution in [0.15, 0.2) is 18.2 Å². The van der Waals surface area contributed by atoms with Crippen LogP contribution in [-0.2, 0) is 4.89 Å². The van der Waals surface area contributed by atoms with Gasteiger partial charge >= 0.3 is 5.97 Å². The zero-order valence-corrected chi connectivity index (χ0v) is 7.31. The molecule has 2 N–H and O–H groups in total. The Morgan fingerprint density at radius 1 is 1.20 bits per heavy atom. The van der Waals surface area contributed by atoms with Crippen LogP contribution in [0.4, 0.5) is 0 Å². The Bertz CT molecular complexity index is 479. The Morgan fingerprint density at radius 3 is 2.53 bits per heavy atom. The lowest BCUT2D eigenvalue weighted by molar-refractivity contribution is -0.182. The van der Waals surface area contributed by atoms with E-state index in [1.54, 1.807) is 0 Å². The van der Waals surface area contributed by atoms with Crippen molar-refractivity contribution in [3.05, 3.63) is 34.9 Å². The Balaban J connectivity index is 2.52. The van der Waals surface area contributed by atoms with Crippen LogP contribution in [0.5, 0.6) is 0 Å². The highest BCUT2D eigenvalue weighted by Gasteiger charge is 2.27. The van der Waals surface area contributed by atoms with E-state index in [4.69, 9.17) is 5.26 Å². The van der Waals surface area contributed by atoms with Crippen LogP contribution < -0.4 is 5.32 Å². The number of carbonyl (C=O) groups excluding carboxylic acids is 3. The van der Waals surface area contributed by atoms with Gasteiger partial charge in [0.2, 0.25) is 0 Å². The first-order chi connectivity index (χ1) is 7.13. The van der Waals surface area contributed by atoms with Crippen LogP contribution in [0.25, 0.3) is 0 Å². The van der Waals surface area contributed by atoms with Gasteiger partial charge in [0, 0.05) is 0 Å². The second-order valence-corrected chi connectivity index (χ2v) is 2.92. The Morgan fingerprint density at radius 2 is 1.87 bits per heavy atom. The summed E-state index contributed by atoms with van der Waals surface area (Å²) >= 11 is 0. The number of nitrogens with one attached hydrogen (secondary N) is 1. The van der Waals surface area contributed by atoms with Gasteiger partial charge in [0.15, 0.2) is 0 Å². The monoisotopic (exact) mass is 207 g/mol. The molecule has 1 aliphatic heterocycles. The minimum absolute atomic E-state index is 0.00102. The second-order valence-electron chi connectivity index (χ2n) is 2.92. The van der Waals surface area contributed by atoms with Crippen molar-refractivity contribution in [2.24, 2.45) is 0 Å². The number of imide groups is 1. The molecule has 0 saturated heterocycles. The molecule has 76 valence electrons. The summed E-state index contributed by atoms with van der Waals surface area (Å²) in [5.41, 5.74) is 0.304. The van der Waals surface area contributed by atoms with Crippen molar-refractivity contribution in [2.75, 3.05) is 0 Å². The van der Waals surface area contributed by atoms with Crippen LogP contribution in [0, 0.1) is 0 Å². The fourth-order valence-electron chi connectivity index (χ4n) is 1.35. The molecule has 2 amide bonds. The van der Waals surface area contributed by atoms with Gasteiger partial charge in [-0.1, -0.05) is 0 Å². The average molecular weight is 207 g/mol. The summed E-state index contributed by atoms with van der Waals surface area (Å²) in [5.74, 6) is -2.05. The van der Waals surface area contributed by atoms with E-state index in [0.29, 0.717) is 0 Å². The molecule has 15 heavy (non-hydrogen) atoms. The molecule has 6 heteroatoms. The third-order valence-corrected chi connectivity index (χ3v) is 2.05. The fourth-order valence-corrected chi connectivity index (χ4v) is 1.35. The molecule has 0 aliphatic carbocycles. The van der Waals surface area contributed by atoms with Gasteiger partial charge in [0.05, 0.1) is 16.7 Å². The topological polar surface area (TPSA) is 92.7 Å². The van der Waals surface area contributed by atoms with Gasteiger partial charge in [0.25, 0.3) is 11.8 Å². The van der Waals surface area contributed by atoms with Crippen LogP contribution in [0.3, 0.4) is 0 Å². The van der Waals surface area contributed by atoms with Crippen molar-refractivity contribution in [3.63, 3.8) is 0 Å². The normalized spacial score (nSPS) is 13.4. The van der Waals surface area contributed by atoms with E-state index >= 15 is 0 Å². The maximum absolute atomic E-state index is 11.2. The van der Waals surface area contributed by atoms with Gasteiger partial charge in [-0.2, -0.15) is 5.26 Å². The maximum atomic E-state index is 11.2. The van der Waals surface area contributed by atoms with E-state index in [9.17, 15) is 14.4 Å². The summed E-state index contributed by atoms with van der Waals surface area (Å²) in [6.07, 6.45) is 0. The molecule has 6 nitrogen and oxygen atoms in total. The molecule has 1 aromatic carbocycles. The fraction of sp³-hybridized carbons (Fsp3) is 0. The highest BCUT2D eigenvalue weighted by Crippen LogP contribution is 2.17. The van der Waals surface area contributed by atoms with Gasteiger partial charge in [-0.15, -0.1) is 0 Å². The van der Waals surface area contributed by atoms with Crippen molar-refractivity contribution in [1.29, 1.82) is 0 Å². The quantitative estimate of drug-likeness (QED) is 0.390. The lowest BCUT2D eigenvalue weighted by Crippen LogP contribution is -2.19. The summed E-state index contributed by atoms with van der Waals surface area (Å²) in [7, 11) is 0. The molecule has 0 bridgehead atoms. The van der Waals surface area contributed by atoms with Crippen molar-refractivity contribution in [2.45, 2.75) is 0 Å². The summed E-state index contributed by atoms with van der Waals surface area (Å²) in [6.45, 7) is 0. The first-order valence-electron chi connectivity index (χ1n) is 3.99. The maximum Gasteiger partial charge on any atom is 0.372 e. The van der Waals surface area contributed by atoms with Gasteiger partial charge in [-0.05, 0) is 18.2 Å². The molecule has 2 rings (SSSR count). The van der Waals surface area contributed by atoms with Crippen molar-refractivity contribution >= 4 is 17.8 Å². The molecule has 0 radical (unpaired) electrons. The molecule has 1 aliphatic rings. The molecule has 0 spiro atoms. The van der Waals surface area contributed by atoms with Gasteiger partial charge < -0.3 is 0 Å². The molecule has 0 atom stereocenters. The third kappa shape index (κ3) is 1.36. The number of hydrogen-bond donors (Lipinski definition) is 2. The van der Waals surface area contributed by atoms with Crippen LogP contribution in [0.2, 0.25) is 0 Å². The van der Waals surface area contributed by atoms with E-state index in [2.05, 4.69) is 10.2 Å². The van der Waals surface area contributed by atoms with Crippen molar-refractivity contribution < 1.29 is 24.5 Å². The lowest BCUT2D eigenvalue weighted by atomic mass is 10.1. The second kappa shape index (κ2) is 3.18. The van der Waals surface area contributed by atoms with Crippen LogP contribution >= 0.6 is 0 Å². The van der Waals surface area contributed by atoms with Gasteiger partial charge in [-0.3, -0.25) is 19.8 Å². The molecule has 0 unspecified atom stereocenters. The number of amides is 2.